The van der Waals surface area contributed by atoms with Crippen molar-refractivity contribution < 1.29 is 4.39 Å². The van der Waals surface area contributed by atoms with Crippen LogP contribution in [0, 0.1) is 24.6 Å². The molecule has 0 fully saturated rings. The predicted molar refractivity (Wildman–Crippen MR) is 70.5 cm³/mol. The molecule has 1 heteroatoms. The summed E-state index contributed by atoms with van der Waals surface area (Å²) >= 11 is 0. The minimum absolute atomic E-state index is 0.0434. The second-order valence-corrected chi connectivity index (χ2v) is 5.33. The van der Waals surface area contributed by atoms with Crippen LogP contribution < -0.4 is 0 Å². The van der Waals surface area contributed by atoms with E-state index in [-0.39, 0.29) is 5.82 Å². The number of rotatable bonds is 3. The summed E-state index contributed by atoms with van der Waals surface area (Å²) in [7, 11) is 0. The molecule has 1 aliphatic rings. The van der Waals surface area contributed by atoms with E-state index in [2.05, 4.69) is 19.1 Å². The van der Waals surface area contributed by atoms with E-state index >= 15 is 0 Å². The first kappa shape index (κ1) is 12.3. The highest BCUT2D eigenvalue weighted by atomic mass is 19.1. The molecule has 0 heterocycles. The Labute approximate surface area is 104 Å². The average Bonchev–Trinajstić information content (AvgIpc) is 2.30. The molecule has 2 unspecified atom stereocenters. The van der Waals surface area contributed by atoms with Gasteiger partial charge in [0.15, 0.2) is 0 Å². The topological polar surface area (TPSA) is 0 Å². The van der Waals surface area contributed by atoms with Gasteiger partial charge in [-0.2, -0.15) is 0 Å². The molecule has 1 aromatic carbocycles. The Morgan fingerprint density at radius 3 is 2.71 bits per heavy atom. The Hall–Kier alpha value is -1.11. The van der Waals surface area contributed by atoms with Gasteiger partial charge in [-0.1, -0.05) is 31.2 Å². The third kappa shape index (κ3) is 3.42. The Bertz CT molecular complexity index is 406. The smallest absolute Gasteiger partial charge is 0.126 e. The summed E-state index contributed by atoms with van der Waals surface area (Å²) in [6.07, 6.45) is 9.08. The van der Waals surface area contributed by atoms with Gasteiger partial charge in [0.1, 0.15) is 5.82 Å². The van der Waals surface area contributed by atoms with Gasteiger partial charge in [-0.05, 0) is 61.6 Å². The lowest BCUT2D eigenvalue weighted by Crippen LogP contribution is -2.07. The van der Waals surface area contributed by atoms with Gasteiger partial charge in [-0.3, -0.25) is 0 Å². The first-order chi connectivity index (χ1) is 8.15. The lowest BCUT2D eigenvalue weighted by molar-refractivity contribution is 0.450. The van der Waals surface area contributed by atoms with Crippen molar-refractivity contribution in [1.29, 1.82) is 0 Å². The Morgan fingerprint density at radius 1 is 1.24 bits per heavy atom. The van der Waals surface area contributed by atoms with Crippen molar-refractivity contribution in [2.75, 3.05) is 0 Å². The van der Waals surface area contributed by atoms with E-state index in [0.29, 0.717) is 5.92 Å². The number of halogens is 1. The quantitative estimate of drug-likeness (QED) is 0.664. The van der Waals surface area contributed by atoms with Crippen molar-refractivity contribution in [3.05, 3.63) is 47.3 Å². The van der Waals surface area contributed by atoms with Gasteiger partial charge in [0.2, 0.25) is 0 Å². The van der Waals surface area contributed by atoms with Crippen LogP contribution in [0.5, 0.6) is 0 Å². The van der Waals surface area contributed by atoms with Crippen molar-refractivity contribution in [2.45, 2.75) is 39.5 Å². The summed E-state index contributed by atoms with van der Waals surface area (Å²) in [6.45, 7) is 4.19. The summed E-state index contributed by atoms with van der Waals surface area (Å²) < 4.78 is 13.6. The highest BCUT2D eigenvalue weighted by Gasteiger charge is 2.13. The molecule has 1 aromatic rings. The van der Waals surface area contributed by atoms with Crippen LogP contribution in [0.15, 0.2) is 30.4 Å². The monoisotopic (exact) mass is 232 g/mol. The molecule has 2 atom stereocenters. The van der Waals surface area contributed by atoms with E-state index in [9.17, 15) is 4.39 Å². The van der Waals surface area contributed by atoms with Crippen molar-refractivity contribution in [1.82, 2.24) is 0 Å². The van der Waals surface area contributed by atoms with E-state index < -0.39 is 0 Å². The van der Waals surface area contributed by atoms with Crippen molar-refractivity contribution in [2.24, 2.45) is 11.8 Å². The van der Waals surface area contributed by atoms with E-state index in [0.717, 1.165) is 29.9 Å². The fourth-order valence-corrected chi connectivity index (χ4v) is 2.45. The number of aryl methyl sites for hydroxylation is 2. The van der Waals surface area contributed by atoms with Crippen molar-refractivity contribution in [3.63, 3.8) is 0 Å². The fraction of sp³-hybridized carbons (Fsp3) is 0.500. The number of benzene rings is 1. The normalized spacial score (nSPS) is 23.9. The molecular formula is C16H21F. The summed E-state index contributed by atoms with van der Waals surface area (Å²) in [5, 5.41) is 0. The number of allylic oxidation sites excluding steroid dienone is 2. The first-order valence-corrected chi connectivity index (χ1v) is 6.58. The molecule has 0 aliphatic heterocycles. The molecule has 0 spiro atoms. The Morgan fingerprint density at radius 2 is 2.06 bits per heavy atom. The fourth-order valence-electron chi connectivity index (χ4n) is 2.45. The minimum Gasteiger partial charge on any atom is -0.207 e. The number of hydrogen-bond acceptors (Lipinski definition) is 0. The van der Waals surface area contributed by atoms with Crippen molar-refractivity contribution in [3.8, 4) is 0 Å². The molecule has 1 aliphatic carbocycles. The standard InChI is InChI=1S/C16H21F/c1-12-3-6-14(7-4-12)8-10-15-9-5-13(2)11-16(15)17/h3,5-6,9,11-12,14H,4,7-8,10H2,1-2H3. The van der Waals surface area contributed by atoms with E-state index in [1.54, 1.807) is 6.07 Å². The molecule has 0 N–H and O–H groups in total. The maximum atomic E-state index is 13.6. The van der Waals surface area contributed by atoms with Crippen LogP contribution in [0.4, 0.5) is 4.39 Å². The zero-order valence-corrected chi connectivity index (χ0v) is 10.7. The van der Waals surface area contributed by atoms with Gasteiger partial charge < -0.3 is 0 Å². The average molecular weight is 232 g/mol. The highest BCUT2D eigenvalue weighted by molar-refractivity contribution is 5.23. The van der Waals surface area contributed by atoms with Crippen LogP contribution in [0.25, 0.3) is 0 Å². The molecular weight excluding hydrogens is 211 g/mol. The van der Waals surface area contributed by atoms with Gasteiger partial charge in [0.25, 0.3) is 0 Å². The molecule has 0 amide bonds. The zero-order chi connectivity index (χ0) is 12.3. The van der Waals surface area contributed by atoms with Gasteiger partial charge >= 0.3 is 0 Å². The predicted octanol–water partition coefficient (Wildman–Crippen LogP) is 4.67. The van der Waals surface area contributed by atoms with Gasteiger partial charge in [0, 0.05) is 0 Å². The molecule has 92 valence electrons. The molecule has 2 rings (SSSR count). The van der Waals surface area contributed by atoms with E-state index in [1.165, 1.54) is 12.8 Å². The summed E-state index contributed by atoms with van der Waals surface area (Å²) in [5.74, 6) is 1.33. The molecule has 0 aromatic heterocycles. The van der Waals surface area contributed by atoms with Crippen LogP contribution in [-0.2, 0) is 6.42 Å². The minimum atomic E-state index is -0.0434. The third-order valence-electron chi connectivity index (χ3n) is 3.70. The van der Waals surface area contributed by atoms with Crippen LogP contribution in [0.3, 0.4) is 0 Å². The van der Waals surface area contributed by atoms with Crippen LogP contribution in [-0.4, -0.2) is 0 Å². The maximum absolute atomic E-state index is 13.6. The lowest BCUT2D eigenvalue weighted by atomic mass is 9.86. The second-order valence-electron chi connectivity index (χ2n) is 5.33. The maximum Gasteiger partial charge on any atom is 0.126 e. The largest absolute Gasteiger partial charge is 0.207 e. The SMILES string of the molecule is Cc1ccc(CCC2C=CC(C)CC2)c(F)c1. The molecule has 0 nitrogen and oxygen atoms in total. The van der Waals surface area contributed by atoms with Crippen LogP contribution >= 0.6 is 0 Å². The van der Waals surface area contributed by atoms with Crippen LogP contribution in [0.2, 0.25) is 0 Å². The summed E-state index contributed by atoms with van der Waals surface area (Å²) in [6, 6.07) is 5.56. The van der Waals surface area contributed by atoms with Gasteiger partial charge in [0.05, 0.1) is 0 Å². The zero-order valence-electron chi connectivity index (χ0n) is 10.7. The summed E-state index contributed by atoms with van der Waals surface area (Å²) in [5.41, 5.74) is 1.86. The Kier molecular flexibility index (Phi) is 3.98. The van der Waals surface area contributed by atoms with Crippen LogP contribution in [0.1, 0.15) is 37.3 Å². The third-order valence-corrected chi connectivity index (χ3v) is 3.70. The van der Waals surface area contributed by atoms with E-state index in [1.807, 2.05) is 19.1 Å². The molecule has 0 bridgehead atoms. The summed E-state index contributed by atoms with van der Waals surface area (Å²) in [4.78, 5) is 0. The second kappa shape index (κ2) is 5.48. The van der Waals surface area contributed by atoms with E-state index in [4.69, 9.17) is 0 Å². The highest BCUT2D eigenvalue weighted by Crippen LogP contribution is 2.25. The number of hydrogen-bond donors (Lipinski definition) is 0. The Balaban J connectivity index is 1.92. The van der Waals surface area contributed by atoms with Gasteiger partial charge in [-0.25, -0.2) is 4.39 Å². The first-order valence-electron chi connectivity index (χ1n) is 6.58. The molecule has 0 radical (unpaired) electrons. The molecule has 0 saturated carbocycles. The van der Waals surface area contributed by atoms with Gasteiger partial charge in [-0.15, -0.1) is 0 Å². The molecule has 17 heavy (non-hydrogen) atoms. The molecule has 0 saturated heterocycles. The van der Waals surface area contributed by atoms with Crippen molar-refractivity contribution >= 4 is 0 Å². The lowest BCUT2D eigenvalue weighted by Gasteiger charge is -2.20.